The fourth-order valence-corrected chi connectivity index (χ4v) is 3.14. The Labute approximate surface area is 121 Å². The molecule has 0 saturated heterocycles. The van der Waals surface area contributed by atoms with Crippen molar-refractivity contribution in [1.82, 2.24) is 10.0 Å². The van der Waals surface area contributed by atoms with Crippen molar-refractivity contribution < 1.29 is 17.7 Å². The first kappa shape index (κ1) is 15.5. The van der Waals surface area contributed by atoms with Crippen LogP contribution in [0.3, 0.4) is 0 Å². The van der Waals surface area contributed by atoms with Crippen LogP contribution in [0.4, 0.5) is 10.1 Å². The Morgan fingerprint density at radius 2 is 2.19 bits per heavy atom. The molecule has 0 saturated carbocycles. The van der Waals surface area contributed by atoms with E-state index < -0.39 is 31.3 Å². The summed E-state index contributed by atoms with van der Waals surface area (Å²) in [5.74, 6) is -0.860. The van der Waals surface area contributed by atoms with E-state index in [0.29, 0.717) is 19.0 Å². The maximum atomic E-state index is 13.0. The van der Waals surface area contributed by atoms with Crippen LogP contribution >= 0.6 is 0 Å². The van der Waals surface area contributed by atoms with Crippen LogP contribution in [0, 0.1) is 15.9 Å². The Morgan fingerprint density at radius 3 is 2.81 bits per heavy atom. The molecule has 0 radical (unpaired) electrons. The van der Waals surface area contributed by atoms with Crippen molar-refractivity contribution in [2.24, 2.45) is 0 Å². The van der Waals surface area contributed by atoms with Crippen molar-refractivity contribution in [3.8, 4) is 0 Å². The molecule has 0 bridgehead atoms. The van der Waals surface area contributed by atoms with Gasteiger partial charge in [0.05, 0.1) is 11.0 Å². The monoisotopic (exact) mass is 315 g/mol. The summed E-state index contributed by atoms with van der Waals surface area (Å²) in [7, 11) is -4.07. The number of halogens is 1. The van der Waals surface area contributed by atoms with Crippen LogP contribution in [-0.2, 0) is 10.0 Å². The summed E-state index contributed by atoms with van der Waals surface area (Å²) in [4.78, 5) is 9.40. The zero-order valence-electron chi connectivity index (χ0n) is 11.0. The number of benzene rings is 1. The second-order valence-electron chi connectivity index (χ2n) is 4.51. The maximum absolute atomic E-state index is 13.0. The van der Waals surface area contributed by atoms with Crippen molar-refractivity contribution in [3.63, 3.8) is 0 Å². The van der Waals surface area contributed by atoms with Crippen LogP contribution in [0.25, 0.3) is 0 Å². The van der Waals surface area contributed by atoms with E-state index in [1.165, 1.54) is 0 Å². The van der Waals surface area contributed by atoms with E-state index >= 15 is 0 Å². The van der Waals surface area contributed by atoms with Gasteiger partial charge in [0.15, 0.2) is 4.90 Å². The van der Waals surface area contributed by atoms with E-state index in [0.717, 1.165) is 24.3 Å². The fourth-order valence-electron chi connectivity index (χ4n) is 1.96. The number of nitro benzene ring substituents is 1. The standard InChI is InChI=1S/C12H14FN3O4S/c13-10-1-2-12(11(7-10)16(17)18)21(19,20)15-8-9-3-5-14-6-4-9/h1-3,7,14-15H,4-6,8H2. The molecule has 0 atom stereocenters. The number of sulfonamides is 1. The van der Waals surface area contributed by atoms with Crippen molar-refractivity contribution in [3.05, 3.63) is 45.8 Å². The molecule has 114 valence electrons. The highest BCUT2D eigenvalue weighted by Crippen LogP contribution is 2.24. The minimum Gasteiger partial charge on any atom is -0.313 e. The number of nitrogens with one attached hydrogen (secondary N) is 2. The van der Waals surface area contributed by atoms with Crippen molar-refractivity contribution in [2.45, 2.75) is 11.3 Å². The second-order valence-corrected chi connectivity index (χ2v) is 6.25. The summed E-state index contributed by atoms with van der Waals surface area (Å²) >= 11 is 0. The Balaban J connectivity index is 2.23. The van der Waals surface area contributed by atoms with E-state index in [4.69, 9.17) is 0 Å². The highest BCUT2D eigenvalue weighted by Gasteiger charge is 2.26. The molecule has 0 aliphatic carbocycles. The Morgan fingerprint density at radius 1 is 1.43 bits per heavy atom. The van der Waals surface area contributed by atoms with Crippen LogP contribution in [-0.4, -0.2) is 33.0 Å². The summed E-state index contributed by atoms with van der Waals surface area (Å²) in [6, 6.07) is 2.37. The van der Waals surface area contributed by atoms with Crippen LogP contribution in [0.2, 0.25) is 0 Å². The highest BCUT2D eigenvalue weighted by molar-refractivity contribution is 7.89. The van der Waals surface area contributed by atoms with E-state index in [2.05, 4.69) is 10.0 Å². The molecule has 1 heterocycles. The lowest BCUT2D eigenvalue weighted by Gasteiger charge is -2.14. The summed E-state index contributed by atoms with van der Waals surface area (Å²) in [5.41, 5.74) is 0.129. The normalized spacial score (nSPS) is 15.6. The number of hydrogen-bond donors (Lipinski definition) is 2. The quantitative estimate of drug-likeness (QED) is 0.478. The molecule has 0 aromatic heterocycles. The van der Waals surface area contributed by atoms with Gasteiger partial charge in [-0.25, -0.2) is 17.5 Å². The molecule has 0 amide bonds. The molecule has 1 aromatic rings. The summed E-state index contributed by atoms with van der Waals surface area (Å²) in [6.45, 7) is 1.50. The third-order valence-electron chi connectivity index (χ3n) is 3.05. The molecular weight excluding hydrogens is 301 g/mol. The predicted octanol–water partition coefficient (Wildman–Crippen LogP) is 0.932. The van der Waals surface area contributed by atoms with Gasteiger partial charge in [-0.1, -0.05) is 11.6 Å². The van der Waals surface area contributed by atoms with E-state index in [9.17, 15) is 22.9 Å². The minimum absolute atomic E-state index is 0.0819. The van der Waals surface area contributed by atoms with Gasteiger partial charge in [0.2, 0.25) is 10.0 Å². The van der Waals surface area contributed by atoms with Gasteiger partial charge in [-0.3, -0.25) is 10.1 Å². The third-order valence-corrected chi connectivity index (χ3v) is 4.50. The Hall–Kier alpha value is -1.84. The van der Waals surface area contributed by atoms with Crippen LogP contribution in [0.5, 0.6) is 0 Å². The van der Waals surface area contributed by atoms with Crippen LogP contribution in [0.1, 0.15) is 6.42 Å². The average Bonchev–Trinajstić information content (AvgIpc) is 2.46. The smallest absolute Gasteiger partial charge is 0.292 e. The first-order valence-electron chi connectivity index (χ1n) is 6.22. The number of rotatable bonds is 5. The van der Waals surface area contributed by atoms with Gasteiger partial charge in [0, 0.05) is 13.1 Å². The summed E-state index contributed by atoms with van der Waals surface area (Å²) < 4.78 is 39.6. The molecule has 0 unspecified atom stereocenters. The molecule has 1 aromatic carbocycles. The van der Waals surface area contributed by atoms with Crippen LogP contribution < -0.4 is 10.0 Å². The molecule has 2 N–H and O–H groups in total. The molecule has 21 heavy (non-hydrogen) atoms. The van der Waals surface area contributed by atoms with Crippen molar-refractivity contribution >= 4 is 15.7 Å². The van der Waals surface area contributed by atoms with Gasteiger partial charge < -0.3 is 5.32 Å². The first-order valence-corrected chi connectivity index (χ1v) is 7.71. The molecule has 0 fully saturated rings. The molecule has 0 spiro atoms. The number of hydrogen-bond acceptors (Lipinski definition) is 5. The largest absolute Gasteiger partial charge is 0.313 e. The van der Waals surface area contributed by atoms with Gasteiger partial charge in [0.1, 0.15) is 5.82 Å². The van der Waals surface area contributed by atoms with Gasteiger partial charge >= 0.3 is 0 Å². The van der Waals surface area contributed by atoms with E-state index in [1.54, 1.807) is 0 Å². The lowest BCUT2D eigenvalue weighted by molar-refractivity contribution is -0.388. The lowest BCUT2D eigenvalue weighted by Crippen LogP contribution is -2.30. The molecule has 1 aliphatic rings. The topological polar surface area (TPSA) is 101 Å². The summed E-state index contributed by atoms with van der Waals surface area (Å²) in [5, 5.41) is 13.9. The molecule has 1 aliphatic heterocycles. The second kappa shape index (κ2) is 6.29. The molecular formula is C12H14FN3O4S. The van der Waals surface area contributed by atoms with Crippen molar-refractivity contribution in [2.75, 3.05) is 19.6 Å². The first-order chi connectivity index (χ1) is 9.90. The maximum Gasteiger partial charge on any atom is 0.292 e. The van der Waals surface area contributed by atoms with Crippen LogP contribution in [0.15, 0.2) is 34.7 Å². The minimum atomic E-state index is -4.07. The Bertz CT molecular complexity index is 688. The van der Waals surface area contributed by atoms with E-state index in [1.807, 2.05) is 6.08 Å². The Kier molecular flexibility index (Phi) is 4.66. The van der Waals surface area contributed by atoms with Gasteiger partial charge in [-0.2, -0.15) is 0 Å². The fraction of sp³-hybridized carbons (Fsp3) is 0.333. The number of nitrogens with zero attached hydrogens (tertiary/aromatic N) is 1. The average molecular weight is 315 g/mol. The molecule has 7 nitrogen and oxygen atoms in total. The number of nitro groups is 1. The SMILES string of the molecule is O=[N+]([O-])c1cc(F)ccc1S(=O)(=O)NCC1=CCNCC1. The molecule has 2 rings (SSSR count). The summed E-state index contributed by atoms with van der Waals surface area (Å²) in [6.07, 6.45) is 2.57. The third kappa shape index (κ3) is 3.84. The van der Waals surface area contributed by atoms with Gasteiger partial charge in [-0.15, -0.1) is 0 Å². The van der Waals surface area contributed by atoms with E-state index in [-0.39, 0.29) is 6.54 Å². The zero-order chi connectivity index (χ0) is 15.5. The van der Waals surface area contributed by atoms with Crippen molar-refractivity contribution in [1.29, 1.82) is 0 Å². The van der Waals surface area contributed by atoms with Gasteiger partial charge in [0.25, 0.3) is 5.69 Å². The molecule has 9 heteroatoms. The zero-order valence-corrected chi connectivity index (χ0v) is 11.8. The van der Waals surface area contributed by atoms with Gasteiger partial charge in [-0.05, 0) is 25.1 Å². The highest BCUT2D eigenvalue weighted by atomic mass is 32.2. The lowest BCUT2D eigenvalue weighted by atomic mass is 10.1. The predicted molar refractivity (Wildman–Crippen MR) is 73.8 cm³/mol.